The van der Waals surface area contributed by atoms with Crippen LogP contribution in [0.25, 0.3) is 0 Å². The summed E-state index contributed by atoms with van der Waals surface area (Å²) in [5.74, 6) is 0.694. The van der Waals surface area contributed by atoms with Crippen LogP contribution in [0, 0.1) is 0 Å². The van der Waals surface area contributed by atoms with Crippen molar-refractivity contribution in [2.75, 3.05) is 6.61 Å². The minimum atomic E-state index is 0.126. The van der Waals surface area contributed by atoms with E-state index >= 15 is 0 Å². The van der Waals surface area contributed by atoms with Crippen molar-refractivity contribution in [3.63, 3.8) is 0 Å². The van der Waals surface area contributed by atoms with E-state index in [1.165, 1.54) is 0 Å². The van der Waals surface area contributed by atoms with Gasteiger partial charge in [0.05, 0.1) is 0 Å². The molecule has 0 bridgehead atoms. The van der Waals surface area contributed by atoms with Crippen LogP contribution in [0.2, 0.25) is 0 Å². The van der Waals surface area contributed by atoms with Gasteiger partial charge >= 0.3 is 0 Å². The highest BCUT2D eigenvalue weighted by Gasteiger charge is 2.03. The molecule has 0 saturated heterocycles. The molecule has 0 heterocycles. The summed E-state index contributed by atoms with van der Waals surface area (Å²) < 4.78 is 0. The molecule has 0 amide bonds. The average Bonchev–Trinajstić information content (AvgIpc) is 2.03. The van der Waals surface area contributed by atoms with E-state index in [1.54, 1.807) is 12.1 Å². The van der Waals surface area contributed by atoms with Crippen molar-refractivity contribution < 1.29 is 10.2 Å². The molecular weight excluding hydrogens is 164 g/mol. The van der Waals surface area contributed by atoms with Gasteiger partial charge in [0.15, 0.2) is 0 Å². The molecule has 1 aromatic carbocycles. The maximum atomic E-state index is 9.39. The lowest BCUT2D eigenvalue weighted by Gasteiger charge is -2.08. The molecule has 1 rings (SSSR count). The van der Waals surface area contributed by atoms with Crippen molar-refractivity contribution in [1.29, 1.82) is 0 Å². The van der Waals surface area contributed by atoms with Gasteiger partial charge in [0, 0.05) is 6.61 Å². The Morgan fingerprint density at radius 3 is 2.46 bits per heavy atom. The average molecular weight is 180 g/mol. The van der Waals surface area contributed by atoms with Crippen LogP contribution in [0.4, 0.5) is 0 Å². The van der Waals surface area contributed by atoms with Crippen LogP contribution in [-0.4, -0.2) is 16.8 Å². The van der Waals surface area contributed by atoms with Gasteiger partial charge in [-0.2, -0.15) is 0 Å². The molecule has 2 N–H and O–H groups in total. The predicted octanol–water partition coefficient (Wildman–Crippen LogP) is 2.05. The van der Waals surface area contributed by atoms with E-state index in [0.717, 1.165) is 11.1 Å². The van der Waals surface area contributed by atoms with E-state index in [-0.39, 0.29) is 12.4 Å². The Labute approximate surface area is 78.8 Å². The third-order valence-corrected chi connectivity index (χ3v) is 2.07. The molecule has 0 radical (unpaired) electrons. The Kier molecular flexibility index (Phi) is 3.32. The molecule has 0 aliphatic carbocycles. The molecule has 72 valence electrons. The molecule has 0 aliphatic heterocycles. The van der Waals surface area contributed by atoms with Gasteiger partial charge in [0.2, 0.25) is 0 Å². The normalized spacial score (nSPS) is 10.8. The fourth-order valence-electron chi connectivity index (χ4n) is 1.31. The number of phenolic OH excluding ortho intramolecular Hbond substituents is 1. The molecule has 0 atom stereocenters. The Bertz CT molecular complexity index is 279. The molecule has 0 saturated carbocycles. The number of benzene rings is 1. The molecule has 0 unspecified atom stereocenters. The van der Waals surface area contributed by atoms with Crippen LogP contribution < -0.4 is 0 Å². The summed E-state index contributed by atoms with van der Waals surface area (Å²) in [6, 6.07) is 5.49. The van der Waals surface area contributed by atoms with E-state index in [2.05, 4.69) is 13.8 Å². The fourth-order valence-corrected chi connectivity index (χ4v) is 1.31. The van der Waals surface area contributed by atoms with Crippen molar-refractivity contribution in [3.8, 4) is 5.75 Å². The quantitative estimate of drug-likeness (QED) is 0.747. The van der Waals surface area contributed by atoms with E-state index in [4.69, 9.17) is 5.11 Å². The van der Waals surface area contributed by atoms with Gasteiger partial charge in [-0.1, -0.05) is 19.9 Å². The zero-order chi connectivity index (χ0) is 9.84. The second-order valence-electron chi connectivity index (χ2n) is 3.56. The summed E-state index contributed by atoms with van der Waals surface area (Å²) in [7, 11) is 0. The third-order valence-electron chi connectivity index (χ3n) is 2.07. The first-order valence-electron chi connectivity index (χ1n) is 4.57. The van der Waals surface area contributed by atoms with Gasteiger partial charge in [-0.05, 0) is 35.6 Å². The SMILES string of the molecule is CC(C)c1cc(O)cc(CCO)c1. The Balaban J connectivity index is 2.96. The van der Waals surface area contributed by atoms with Crippen LogP contribution in [0.1, 0.15) is 30.9 Å². The molecule has 0 aliphatic rings. The Morgan fingerprint density at radius 1 is 1.23 bits per heavy atom. The number of aromatic hydroxyl groups is 1. The monoisotopic (exact) mass is 180 g/mol. The van der Waals surface area contributed by atoms with Gasteiger partial charge < -0.3 is 10.2 Å². The standard InChI is InChI=1S/C11H16O2/c1-8(2)10-5-9(3-4-12)6-11(13)7-10/h5-8,12-13H,3-4H2,1-2H3. The zero-order valence-corrected chi connectivity index (χ0v) is 8.12. The van der Waals surface area contributed by atoms with Crippen molar-refractivity contribution >= 4 is 0 Å². The first-order chi connectivity index (χ1) is 6.13. The maximum Gasteiger partial charge on any atom is 0.116 e. The fraction of sp³-hybridized carbons (Fsp3) is 0.455. The number of aliphatic hydroxyl groups excluding tert-OH is 1. The Hall–Kier alpha value is -1.02. The van der Waals surface area contributed by atoms with E-state index in [1.807, 2.05) is 6.07 Å². The highest BCUT2D eigenvalue weighted by Crippen LogP contribution is 2.22. The Morgan fingerprint density at radius 2 is 1.92 bits per heavy atom. The number of phenols is 1. The van der Waals surface area contributed by atoms with Crippen molar-refractivity contribution in [1.82, 2.24) is 0 Å². The van der Waals surface area contributed by atoms with Gasteiger partial charge in [0.1, 0.15) is 5.75 Å². The minimum Gasteiger partial charge on any atom is -0.508 e. The van der Waals surface area contributed by atoms with Crippen LogP contribution in [-0.2, 0) is 6.42 Å². The lowest BCUT2D eigenvalue weighted by molar-refractivity contribution is 0.299. The second kappa shape index (κ2) is 4.28. The molecule has 0 spiro atoms. The van der Waals surface area contributed by atoms with E-state index in [0.29, 0.717) is 12.3 Å². The smallest absolute Gasteiger partial charge is 0.116 e. The van der Waals surface area contributed by atoms with E-state index in [9.17, 15) is 5.11 Å². The second-order valence-corrected chi connectivity index (χ2v) is 3.56. The number of hydrogen-bond acceptors (Lipinski definition) is 2. The lowest BCUT2D eigenvalue weighted by Crippen LogP contribution is -1.94. The number of aliphatic hydroxyl groups is 1. The third kappa shape index (κ3) is 2.74. The van der Waals surface area contributed by atoms with Crippen LogP contribution in [0.15, 0.2) is 18.2 Å². The minimum absolute atomic E-state index is 0.126. The van der Waals surface area contributed by atoms with Gasteiger partial charge in [-0.15, -0.1) is 0 Å². The van der Waals surface area contributed by atoms with Gasteiger partial charge in [-0.3, -0.25) is 0 Å². The molecule has 2 heteroatoms. The molecule has 0 aromatic heterocycles. The summed E-state index contributed by atoms with van der Waals surface area (Å²) in [4.78, 5) is 0. The number of hydrogen-bond donors (Lipinski definition) is 2. The first kappa shape index (κ1) is 10.1. The molecule has 0 fully saturated rings. The van der Waals surface area contributed by atoms with Gasteiger partial charge in [0.25, 0.3) is 0 Å². The van der Waals surface area contributed by atoms with Crippen molar-refractivity contribution in [3.05, 3.63) is 29.3 Å². The number of rotatable bonds is 3. The molecular formula is C11H16O2. The summed E-state index contributed by atoms with van der Waals surface area (Å²) in [5.41, 5.74) is 2.11. The van der Waals surface area contributed by atoms with Crippen LogP contribution >= 0.6 is 0 Å². The highest BCUT2D eigenvalue weighted by molar-refractivity contribution is 5.35. The summed E-state index contributed by atoms with van der Waals surface area (Å²) in [5, 5.41) is 18.1. The highest BCUT2D eigenvalue weighted by atomic mass is 16.3. The summed E-state index contributed by atoms with van der Waals surface area (Å²) >= 11 is 0. The van der Waals surface area contributed by atoms with Crippen molar-refractivity contribution in [2.24, 2.45) is 0 Å². The lowest BCUT2D eigenvalue weighted by atomic mass is 9.99. The summed E-state index contributed by atoms with van der Waals surface area (Å²) in [6.45, 7) is 4.29. The van der Waals surface area contributed by atoms with Crippen LogP contribution in [0.5, 0.6) is 5.75 Å². The van der Waals surface area contributed by atoms with Crippen LogP contribution in [0.3, 0.4) is 0 Å². The topological polar surface area (TPSA) is 40.5 Å². The summed E-state index contributed by atoms with van der Waals surface area (Å²) in [6.07, 6.45) is 0.605. The zero-order valence-electron chi connectivity index (χ0n) is 8.12. The molecule has 13 heavy (non-hydrogen) atoms. The predicted molar refractivity (Wildman–Crippen MR) is 53.0 cm³/mol. The van der Waals surface area contributed by atoms with E-state index < -0.39 is 0 Å². The maximum absolute atomic E-state index is 9.39. The van der Waals surface area contributed by atoms with Crippen molar-refractivity contribution in [2.45, 2.75) is 26.2 Å². The van der Waals surface area contributed by atoms with Gasteiger partial charge in [-0.25, -0.2) is 0 Å². The molecule has 1 aromatic rings. The largest absolute Gasteiger partial charge is 0.508 e. The first-order valence-corrected chi connectivity index (χ1v) is 4.57. The molecule has 2 nitrogen and oxygen atoms in total.